The van der Waals surface area contributed by atoms with E-state index >= 15 is 0 Å². The van der Waals surface area contributed by atoms with Crippen molar-refractivity contribution in [3.05, 3.63) is 60.2 Å². The number of likely N-dealkylation sites (N-methyl/N-ethyl adjacent to an activating group) is 1. The van der Waals surface area contributed by atoms with Crippen molar-refractivity contribution in [1.29, 1.82) is 0 Å². The Balaban J connectivity index is 1.52. The van der Waals surface area contributed by atoms with Crippen molar-refractivity contribution >= 4 is 10.8 Å². The summed E-state index contributed by atoms with van der Waals surface area (Å²) in [6.07, 6.45) is 9.20. The van der Waals surface area contributed by atoms with Crippen molar-refractivity contribution in [3.63, 3.8) is 0 Å². The van der Waals surface area contributed by atoms with E-state index in [0.29, 0.717) is 5.92 Å². The third-order valence-corrected chi connectivity index (χ3v) is 5.31. The summed E-state index contributed by atoms with van der Waals surface area (Å²) in [5.74, 6) is 0.603. The van der Waals surface area contributed by atoms with Gasteiger partial charge in [-0.3, -0.25) is 14.6 Å². The first-order chi connectivity index (χ1) is 12.7. The lowest BCUT2D eigenvalue weighted by atomic mass is 9.96. The van der Waals surface area contributed by atoms with Gasteiger partial charge in [0.05, 0.1) is 6.20 Å². The van der Waals surface area contributed by atoms with Crippen molar-refractivity contribution in [2.75, 3.05) is 33.2 Å². The lowest BCUT2D eigenvalue weighted by Gasteiger charge is -2.24. The van der Waals surface area contributed by atoms with E-state index in [-0.39, 0.29) is 0 Å². The summed E-state index contributed by atoms with van der Waals surface area (Å²) in [6.45, 7) is 5.45. The zero-order valence-corrected chi connectivity index (χ0v) is 15.7. The Morgan fingerprint density at radius 3 is 2.77 bits per heavy atom. The molecule has 136 valence electrons. The summed E-state index contributed by atoms with van der Waals surface area (Å²) in [4.78, 5) is 9.51. The SMILES string of the molecule is CN1CCN(Cc2cnn(C)c2)CC(Cc2cncc3ccccc23)C1. The van der Waals surface area contributed by atoms with Crippen LogP contribution in [0.25, 0.3) is 10.8 Å². The molecule has 1 unspecified atom stereocenters. The van der Waals surface area contributed by atoms with Gasteiger partial charge in [0.2, 0.25) is 0 Å². The molecule has 0 aliphatic carbocycles. The van der Waals surface area contributed by atoms with Crippen molar-refractivity contribution in [2.24, 2.45) is 13.0 Å². The molecule has 1 saturated heterocycles. The van der Waals surface area contributed by atoms with Gasteiger partial charge in [-0.05, 0) is 30.3 Å². The highest BCUT2D eigenvalue weighted by molar-refractivity contribution is 5.84. The lowest BCUT2D eigenvalue weighted by Crippen LogP contribution is -2.30. The maximum absolute atomic E-state index is 4.47. The van der Waals surface area contributed by atoms with Gasteiger partial charge < -0.3 is 4.90 Å². The fourth-order valence-corrected chi connectivity index (χ4v) is 4.10. The fourth-order valence-electron chi connectivity index (χ4n) is 4.10. The number of fused-ring (bicyclic) bond motifs is 1. The standard InChI is InChI=1S/C21H27N5/c1-24-7-8-26(16-18-10-23-25(2)14-18)15-17(13-24)9-20-12-22-11-19-5-3-4-6-21(19)20/h3-6,10-12,14,17H,7-9,13,15-16H2,1-2H3. The monoisotopic (exact) mass is 349 g/mol. The van der Waals surface area contributed by atoms with Crippen LogP contribution in [-0.4, -0.2) is 57.8 Å². The first-order valence-electron chi connectivity index (χ1n) is 9.37. The van der Waals surface area contributed by atoms with Gasteiger partial charge in [0.25, 0.3) is 0 Å². The number of aryl methyl sites for hydroxylation is 1. The van der Waals surface area contributed by atoms with Gasteiger partial charge in [-0.2, -0.15) is 5.10 Å². The number of aromatic nitrogens is 3. The summed E-state index contributed by atoms with van der Waals surface area (Å²) in [6, 6.07) is 8.59. The summed E-state index contributed by atoms with van der Waals surface area (Å²) >= 11 is 0. The Labute approximate surface area is 155 Å². The summed E-state index contributed by atoms with van der Waals surface area (Å²) in [5, 5.41) is 6.89. The van der Waals surface area contributed by atoms with E-state index in [1.807, 2.05) is 24.1 Å². The molecule has 0 N–H and O–H groups in total. The van der Waals surface area contributed by atoms with Crippen LogP contribution in [-0.2, 0) is 20.0 Å². The predicted octanol–water partition coefficient (Wildman–Crippen LogP) is 2.57. The van der Waals surface area contributed by atoms with Gasteiger partial charge in [0.1, 0.15) is 0 Å². The lowest BCUT2D eigenvalue weighted by molar-refractivity contribution is 0.249. The summed E-state index contributed by atoms with van der Waals surface area (Å²) in [7, 11) is 4.22. The van der Waals surface area contributed by atoms with E-state index in [0.717, 1.165) is 39.1 Å². The van der Waals surface area contributed by atoms with Gasteiger partial charge >= 0.3 is 0 Å². The summed E-state index contributed by atoms with van der Waals surface area (Å²) in [5.41, 5.74) is 2.66. The Morgan fingerprint density at radius 1 is 1.04 bits per heavy atom. The quantitative estimate of drug-likeness (QED) is 0.725. The zero-order chi connectivity index (χ0) is 17.9. The second-order valence-corrected chi connectivity index (χ2v) is 7.61. The molecule has 2 aromatic heterocycles. The fraction of sp³-hybridized carbons (Fsp3) is 0.429. The minimum atomic E-state index is 0.603. The molecule has 0 amide bonds. The Hall–Kier alpha value is -2.24. The van der Waals surface area contributed by atoms with E-state index in [4.69, 9.17) is 0 Å². The van der Waals surface area contributed by atoms with Crippen LogP contribution < -0.4 is 0 Å². The largest absolute Gasteiger partial charge is 0.305 e. The number of hydrogen-bond acceptors (Lipinski definition) is 4. The van der Waals surface area contributed by atoms with E-state index in [1.165, 1.54) is 21.9 Å². The van der Waals surface area contributed by atoms with Crippen molar-refractivity contribution < 1.29 is 0 Å². The smallest absolute Gasteiger partial charge is 0.0534 e. The molecule has 1 aliphatic rings. The number of pyridine rings is 1. The second kappa shape index (κ2) is 7.56. The van der Waals surface area contributed by atoms with Gasteiger partial charge in [-0.25, -0.2) is 0 Å². The van der Waals surface area contributed by atoms with Crippen LogP contribution in [0.1, 0.15) is 11.1 Å². The van der Waals surface area contributed by atoms with Crippen LogP contribution in [0.4, 0.5) is 0 Å². The van der Waals surface area contributed by atoms with Crippen LogP contribution in [0.3, 0.4) is 0 Å². The molecule has 1 atom stereocenters. The summed E-state index contributed by atoms with van der Waals surface area (Å²) < 4.78 is 1.89. The normalized spacial score (nSPS) is 19.7. The van der Waals surface area contributed by atoms with Crippen LogP contribution >= 0.6 is 0 Å². The highest BCUT2D eigenvalue weighted by atomic mass is 15.3. The number of hydrogen-bond donors (Lipinski definition) is 0. The van der Waals surface area contributed by atoms with Gasteiger partial charge in [-0.1, -0.05) is 24.3 Å². The molecule has 0 spiro atoms. The first kappa shape index (κ1) is 17.2. The molecule has 3 aromatic rings. The van der Waals surface area contributed by atoms with Gasteiger partial charge in [0, 0.05) is 69.3 Å². The van der Waals surface area contributed by atoms with E-state index in [1.54, 1.807) is 0 Å². The molecule has 4 rings (SSSR count). The zero-order valence-electron chi connectivity index (χ0n) is 15.7. The Kier molecular flexibility index (Phi) is 5.00. The molecule has 0 saturated carbocycles. The molecule has 1 fully saturated rings. The third-order valence-electron chi connectivity index (χ3n) is 5.31. The number of benzene rings is 1. The van der Waals surface area contributed by atoms with Crippen LogP contribution in [0.15, 0.2) is 49.1 Å². The molecule has 26 heavy (non-hydrogen) atoms. The molecular weight excluding hydrogens is 322 g/mol. The Morgan fingerprint density at radius 2 is 1.92 bits per heavy atom. The van der Waals surface area contributed by atoms with Gasteiger partial charge in [0.15, 0.2) is 0 Å². The third kappa shape index (κ3) is 3.94. The highest BCUT2D eigenvalue weighted by Gasteiger charge is 2.22. The molecule has 5 nitrogen and oxygen atoms in total. The molecule has 1 aromatic carbocycles. The average molecular weight is 349 g/mol. The topological polar surface area (TPSA) is 37.2 Å². The van der Waals surface area contributed by atoms with E-state index < -0.39 is 0 Å². The molecular formula is C21H27N5. The molecule has 3 heterocycles. The maximum Gasteiger partial charge on any atom is 0.0534 e. The second-order valence-electron chi connectivity index (χ2n) is 7.61. The number of nitrogens with zero attached hydrogens (tertiary/aromatic N) is 5. The minimum absolute atomic E-state index is 0.603. The molecule has 1 aliphatic heterocycles. The predicted molar refractivity (Wildman–Crippen MR) is 105 cm³/mol. The average Bonchev–Trinajstić information content (AvgIpc) is 2.96. The minimum Gasteiger partial charge on any atom is -0.305 e. The Bertz CT molecular complexity index is 866. The van der Waals surface area contributed by atoms with E-state index in [9.17, 15) is 0 Å². The maximum atomic E-state index is 4.47. The van der Waals surface area contributed by atoms with Crippen LogP contribution in [0.2, 0.25) is 0 Å². The first-order valence-corrected chi connectivity index (χ1v) is 9.37. The van der Waals surface area contributed by atoms with Gasteiger partial charge in [-0.15, -0.1) is 0 Å². The van der Waals surface area contributed by atoms with Crippen molar-refractivity contribution in [1.82, 2.24) is 24.6 Å². The molecule has 0 bridgehead atoms. The molecule has 0 radical (unpaired) electrons. The molecule has 5 heteroatoms. The van der Waals surface area contributed by atoms with Crippen molar-refractivity contribution in [3.8, 4) is 0 Å². The number of rotatable bonds is 4. The van der Waals surface area contributed by atoms with Crippen LogP contribution in [0.5, 0.6) is 0 Å². The van der Waals surface area contributed by atoms with Crippen molar-refractivity contribution in [2.45, 2.75) is 13.0 Å². The highest BCUT2D eigenvalue weighted by Crippen LogP contribution is 2.22. The van der Waals surface area contributed by atoms with E-state index in [2.05, 4.69) is 63.6 Å². The van der Waals surface area contributed by atoms with Crippen LogP contribution in [0, 0.1) is 5.92 Å².